The van der Waals surface area contributed by atoms with Gasteiger partial charge in [0.25, 0.3) is 0 Å². The molecule has 0 radical (unpaired) electrons. The summed E-state index contributed by atoms with van der Waals surface area (Å²) in [4.78, 5) is 0. The molecule has 3 unspecified atom stereocenters. The zero-order chi connectivity index (χ0) is 28.5. The van der Waals surface area contributed by atoms with Crippen LogP contribution in [0.15, 0.2) is 91.0 Å². The second-order valence-electron chi connectivity index (χ2n) is 11.5. The monoisotopic (exact) mass is 544 g/mol. The first kappa shape index (κ1) is 32.1. The van der Waals surface area contributed by atoms with Crippen molar-refractivity contribution in [2.75, 3.05) is 0 Å². The van der Waals surface area contributed by atoms with Gasteiger partial charge in [-0.25, -0.2) is 0 Å². The molecule has 0 bridgehead atoms. The Hall–Kier alpha value is -2.46. The Morgan fingerprint density at radius 2 is 0.825 bits per heavy atom. The van der Waals surface area contributed by atoms with Gasteiger partial charge in [-0.15, -0.1) is 0 Å². The highest BCUT2D eigenvalue weighted by molar-refractivity contribution is 5.52. The lowest BCUT2D eigenvalue weighted by atomic mass is 9.64. The van der Waals surface area contributed by atoms with E-state index in [1.807, 2.05) is 91.0 Å². The molecule has 0 aliphatic carbocycles. The van der Waals surface area contributed by atoms with E-state index in [0.29, 0.717) is 6.42 Å². The van der Waals surface area contributed by atoms with Gasteiger partial charge in [0.1, 0.15) is 0 Å². The predicted octanol–water partition coefficient (Wildman–Crippen LogP) is 8.59. The summed E-state index contributed by atoms with van der Waals surface area (Å²) in [5.74, 6) is 0. The lowest BCUT2D eigenvalue weighted by Gasteiger charge is -2.41. The Labute approximate surface area is 243 Å². The van der Waals surface area contributed by atoms with Crippen LogP contribution in [-0.4, -0.2) is 33.6 Å². The Balaban J connectivity index is 1.56. The van der Waals surface area contributed by atoms with Crippen LogP contribution in [0.25, 0.3) is 0 Å². The van der Waals surface area contributed by atoms with Crippen molar-refractivity contribution >= 4 is 0 Å². The normalized spacial score (nSPS) is 14.1. The van der Waals surface area contributed by atoms with E-state index in [1.165, 1.54) is 64.2 Å². The fourth-order valence-corrected chi connectivity index (χ4v) is 6.13. The van der Waals surface area contributed by atoms with Crippen molar-refractivity contribution in [3.05, 3.63) is 108 Å². The average Bonchev–Trinajstić information content (AvgIpc) is 2.99. The summed E-state index contributed by atoms with van der Waals surface area (Å²) in [6.45, 7) is 2.26. The van der Waals surface area contributed by atoms with Crippen LogP contribution >= 0.6 is 0 Å². The van der Waals surface area contributed by atoms with Gasteiger partial charge in [-0.1, -0.05) is 175 Å². The first-order valence-electron chi connectivity index (χ1n) is 15.8. The topological polar surface area (TPSA) is 60.7 Å². The molecule has 0 aliphatic heterocycles. The average molecular weight is 545 g/mol. The lowest BCUT2D eigenvalue weighted by molar-refractivity contribution is -0.0259. The van der Waals surface area contributed by atoms with E-state index in [2.05, 4.69) is 6.92 Å². The van der Waals surface area contributed by atoms with Crippen LogP contribution in [0.1, 0.15) is 114 Å². The molecule has 0 fully saturated rings. The van der Waals surface area contributed by atoms with Gasteiger partial charge in [0.2, 0.25) is 0 Å². The quantitative estimate of drug-likeness (QED) is 0.0986. The fraction of sp³-hybridized carbons (Fsp3) is 0.514. The summed E-state index contributed by atoms with van der Waals surface area (Å²) >= 11 is 0. The van der Waals surface area contributed by atoms with Gasteiger partial charge < -0.3 is 15.3 Å². The van der Waals surface area contributed by atoms with E-state index in [1.54, 1.807) is 0 Å². The fourth-order valence-electron chi connectivity index (χ4n) is 6.13. The minimum atomic E-state index is -1.00. The molecular weight excluding hydrogens is 492 g/mol. The summed E-state index contributed by atoms with van der Waals surface area (Å²) < 4.78 is 0. The minimum absolute atomic E-state index is 0.0815. The third-order valence-electron chi connectivity index (χ3n) is 8.45. The highest BCUT2D eigenvalue weighted by Crippen LogP contribution is 2.43. The Bertz CT molecular complexity index is 924. The second kappa shape index (κ2) is 18.1. The standard InChI is InChI=1S/C37H52O3/c1-2-3-4-5-6-7-8-9-10-11-12-22-29-34(38)35(39)30-36(40)37(31-23-16-13-17-24-31,32-25-18-14-19-26-32)33-27-20-15-21-28-33/h13-21,23-28,34-36,38-40H,2-12,22,29-30H2,1H3. The molecule has 0 heterocycles. The van der Waals surface area contributed by atoms with Gasteiger partial charge in [0.05, 0.1) is 23.7 Å². The van der Waals surface area contributed by atoms with Gasteiger partial charge in [-0.05, 0) is 23.1 Å². The van der Waals surface area contributed by atoms with Crippen molar-refractivity contribution in [3.63, 3.8) is 0 Å². The Morgan fingerprint density at radius 1 is 0.475 bits per heavy atom. The third-order valence-corrected chi connectivity index (χ3v) is 8.45. The van der Waals surface area contributed by atoms with E-state index in [-0.39, 0.29) is 6.42 Å². The molecule has 0 aliphatic rings. The number of aliphatic hydroxyl groups is 3. The van der Waals surface area contributed by atoms with Crippen LogP contribution in [0.3, 0.4) is 0 Å². The van der Waals surface area contributed by atoms with Crippen molar-refractivity contribution < 1.29 is 15.3 Å². The Morgan fingerprint density at radius 3 is 1.20 bits per heavy atom. The zero-order valence-electron chi connectivity index (χ0n) is 24.6. The van der Waals surface area contributed by atoms with Gasteiger partial charge in [0.15, 0.2) is 0 Å². The maximum absolute atomic E-state index is 11.9. The number of benzene rings is 3. The number of unbranched alkanes of at least 4 members (excludes halogenated alkanes) is 11. The highest BCUT2D eigenvalue weighted by atomic mass is 16.3. The van der Waals surface area contributed by atoms with E-state index in [4.69, 9.17) is 0 Å². The molecule has 0 saturated heterocycles. The molecule has 3 heteroatoms. The summed E-state index contributed by atoms with van der Waals surface area (Å²) in [5, 5.41) is 33.8. The van der Waals surface area contributed by atoms with Gasteiger partial charge >= 0.3 is 0 Å². The molecule has 0 spiro atoms. The SMILES string of the molecule is CCCCCCCCCCCCCCC(O)C(O)CC(O)C(c1ccccc1)(c1ccccc1)c1ccccc1. The first-order valence-corrected chi connectivity index (χ1v) is 15.8. The van der Waals surface area contributed by atoms with Crippen LogP contribution in [0.2, 0.25) is 0 Å². The highest BCUT2D eigenvalue weighted by Gasteiger charge is 2.44. The summed E-state index contributed by atoms with van der Waals surface area (Å²) in [5.41, 5.74) is 2.01. The van der Waals surface area contributed by atoms with Crippen LogP contribution in [-0.2, 0) is 5.41 Å². The van der Waals surface area contributed by atoms with Gasteiger partial charge in [0, 0.05) is 6.42 Å². The predicted molar refractivity (Wildman–Crippen MR) is 168 cm³/mol. The van der Waals surface area contributed by atoms with E-state index in [0.717, 1.165) is 29.5 Å². The molecule has 3 aromatic carbocycles. The third kappa shape index (κ3) is 9.29. The second-order valence-corrected chi connectivity index (χ2v) is 11.5. The lowest BCUT2D eigenvalue weighted by Crippen LogP contribution is -2.45. The Kier molecular flexibility index (Phi) is 14.5. The minimum Gasteiger partial charge on any atom is -0.391 e. The van der Waals surface area contributed by atoms with Crippen molar-refractivity contribution in [1.82, 2.24) is 0 Å². The number of hydrogen-bond acceptors (Lipinski definition) is 3. The van der Waals surface area contributed by atoms with Crippen LogP contribution in [0, 0.1) is 0 Å². The maximum Gasteiger partial charge on any atom is 0.0824 e. The molecular formula is C37H52O3. The molecule has 3 aromatic rings. The van der Waals surface area contributed by atoms with Crippen molar-refractivity contribution in [2.45, 2.75) is 121 Å². The number of rotatable bonds is 20. The van der Waals surface area contributed by atoms with Crippen molar-refractivity contribution in [1.29, 1.82) is 0 Å². The molecule has 3 N–H and O–H groups in total. The van der Waals surface area contributed by atoms with Gasteiger partial charge in [-0.3, -0.25) is 0 Å². The molecule has 0 amide bonds. The largest absolute Gasteiger partial charge is 0.391 e. The summed E-state index contributed by atoms with van der Waals surface area (Å²) in [6.07, 6.45) is 13.0. The maximum atomic E-state index is 11.9. The van der Waals surface area contributed by atoms with Crippen molar-refractivity contribution in [2.24, 2.45) is 0 Å². The molecule has 0 saturated carbocycles. The zero-order valence-corrected chi connectivity index (χ0v) is 24.6. The van der Waals surface area contributed by atoms with E-state index < -0.39 is 23.7 Å². The number of hydrogen-bond donors (Lipinski definition) is 3. The van der Waals surface area contributed by atoms with Crippen LogP contribution in [0.4, 0.5) is 0 Å². The van der Waals surface area contributed by atoms with Gasteiger partial charge in [-0.2, -0.15) is 0 Å². The molecule has 3 rings (SSSR count). The summed E-state index contributed by atoms with van der Waals surface area (Å²) in [6, 6.07) is 30.1. The van der Waals surface area contributed by atoms with Crippen molar-refractivity contribution in [3.8, 4) is 0 Å². The van der Waals surface area contributed by atoms with Crippen LogP contribution in [0.5, 0.6) is 0 Å². The molecule has 0 aromatic heterocycles. The number of aliphatic hydroxyl groups excluding tert-OH is 3. The van der Waals surface area contributed by atoms with E-state index >= 15 is 0 Å². The molecule has 3 nitrogen and oxygen atoms in total. The van der Waals surface area contributed by atoms with E-state index in [9.17, 15) is 15.3 Å². The molecule has 218 valence electrons. The molecule has 40 heavy (non-hydrogen) atoms. The smallest absolute Gasteiger partial charge is 0.0824 e. The molecule has 3 atom stereocenters. The first-order chi connectivity index (χ1) is 19.6. The van der Waals surface area contributed by atoms with Crippen LogP contribution < -0.4 is 0 Å². The summed E-state index contributed by atoms with van der Waals surface area (Å²) in [7, 11) is 0.